The summed E-state index contributed by atoms with van der Waals surface area (Å²) in [5.74, 6) is 0.676. The Bertz CT molecular complexity index is 1480. The molecule has 7 rings (SSSR count). The van der Waals surface area contributed by atoms with Crippen LogP contribution in [-0.4, -0.2) is 8.80 Å². The maximum absolute atomic E-state index is 3.88. The van der Waals surface area contributed by atoms with Gasteiger partial charge in [-0.2, -0.15) is 0 Å². The molecule has 0 bridgehead atoms. The number of hydrogen-bond acceptors (Lipinski definition) is 0. The molecule has 0 saturated carbocycles. The van der Waals surface area contributed by atoms with Crippen molar-refractivity contribution in [3.8, 4) is 0 Å². The van der Waals surface area contributed by atoms with Crippen LogP contribution in [0, 0.1) is 26.0 Å². The molecule has 0 nitrogen and oxygen atoms in total. The number of benzene rings is 3. The van der Waals surface area contributed by atoms with Gasteiger partial charge in [0.1, 0.15) is 0 Å². The van der Waals surface area contributed by atoms with E-state index in [9.17, 15) is 0 Å². The van der Waals surface area contributed by atoms with E-state index in [0.717, 1.165) is 6.04 Å². The van der Waals surface area contributed by atoms with E-state index >= 15 is 0 Å². The van der Waals surface area contributed by atoms with Gasteiger partial charge in [0.15, 0.2) is 0 Å². The van der Waals surface area contributed by atoms with Gasteiger partial charge in [0.25, 0.3) is 0 Å². The summed E-state index contributed by atoms with van der Waals surface area (Å²) in [4.78, 5) is 0. The van der Waals surface area contributed by atoms with Crippen LogP contribution in [0.5, 0.6) is 0 Å². The fourth-order valence-electron chi connectivity index (χ4n) is 6.53. The van der Waals surface area contributed by atoms with Crippen LogP contribution in [-0.2, 0) is 6.04 Å². The average molecular weight is 491 g/mol. The summed E-state index contributed by atoms with van der Waals surface area (Å²) < 4.78 is 0. The van der Waals surface area contributed by atoms with Gasteiger partial charge < -0.3 is 0 Å². The van der Waals surface area contributed by atoms with Crippen LogP contribution in [0.2, 0.25) is 0 Å². The molecule has 0 N–H and O–H groups in total. The number of aryl methyl sites for hydroxylation is 2. The molecule has 3 aromatic carbocycles. The third-order valence-electron chi connectivity index (χ3n) is 8.23. The minimum Gasteiger partial charge on any atom is -0.145 e. The molecule has 3 aromatic rings. The Balaban J connectivity index is 0.00000147. The molecule has 2 unspecified atom stereocenters. The van der Waals surface area contributed by atoms with Gasteiger partial charge in [-0.15, -0.1) is 92.4 Å². The van der Waals surface area contributed by atoms with Crippen LogP contribution < -0.4 is 48.1 Å². The van der Waals surface area contributed by atoms with E-state index < -0.39 is 8.80 Å². The van der Waals surface area contributed by atoms with Gasteiger partial charge in [-0.25, -0.2) is 0 Å². The van der Waals surface area contributed by atoms with Crippen LogP contribution in [0.15, 0.2) is 114 Å². The molecule has 0 fully saturated rings. The Kier molecular flexibility index (Phi) is 7.80. The SMILES string of the molecule is Cc1ccc2c(c1[SiH](Cc1ccccc1)c1c(C)ccc3c1[C-]=C1C=CC=CC13)[C-]=C1C=CC=CC12.[Li+].[Li+]. The molecular formula is C35H28Li2Si. The van der Waals surface area contributed by atoms with Crippen LogP contribution in [0.3, 0.4) is 0 Å². The molecule has 0 heterocycles. The minimum absolute atomic E-state index is 0. The zero-order chi connectivity index (χ0) is 24.2. The molecule has 0 aliphatic heterocycles. The minimum atomic E-state index is -1.71. The van der Waals surface area contributed by atoms with Gasteiger partial charge in [-0.05, 0) is 31.7 Å². The molecule has 0 aromatic heterocycles. The Morgan fingerprint density at radius 2 is 1.13 bits per heavy atom. The summed E-state index contributed by atoms with van der Waals surface area (Å²) >= 11 is 0. The van der Waals surface area contributed by atoms with Crippen molar-refractivity contribution in [2.75, 3.05) is 0 Å². The molecule has 0 saturated heterocycles. The Labute approximate surface area is 252 Å². The second kappa shape index (κ2) is 10.9. The summed E-state index contributed by atoms with van der Waals surface area (Å²) in [7, 11) is -1.71. The van der Waals surface area contributed by atoms with Crippen LogP contribution in [0.1, 0.15) is 50.8 Å². The van der Waals surface area contributed by atoms with Crippen molar-refractivity contribution < 1.29 is 37.7 Å². The largest absolute Gasteiger partial charge is 1.00 e. The first kappa shape index (κ1) is 27.1. The summed E-state index contributed by atoms with van der Waals surface area (Å²) in [5, 5.41) is 3.12. The van der Waals surface area contributed by atoms with Crippen LogP contribution in [0.25, 0.3) is 0 Å². The molecule has 38 heavy (non-hydrogen) atoms. The zero-order valence-corrected chi connectivity index (χ0v) is 23.9. The fraction of sp³-hybridized carbons (Fsp3) is 0.143. The van der Waals surface area contributed by atoms with Crippen molar-refractivity contribution in [3.63, 3.8) is 0 Å². The zero-order valence-electron chi connectivity index (χ0n) is 22.8. The van der Waals surface area contributed by atoms with E-state index in [2.05, 4.69) is 129 Å². The monoisotopic (exact) mass is 490 g/mol. The second-order valence-electron chi connectivity index (χ2n) is 10.4. The first-order valence-corrected chi connectivity index (χ1v) is 14.9. The number of allylic oxidation sites excluding steroid dienone is 10. The van der Waals surface area contributed by atoms with Crippen molar-refractivity contribution in [2.24, 2.45) is 0 Å². The molecular weight excluding hydrogens is 462 g/mol. The van der Waals surface area contributed by atoms with Crippen molar-refractivity contribution in [1.29, 1.82) is 0 Å². The summed E-state index contributed by atoms with van der Waals surface area (Å²) in [6.07, 6.45) is 25.6. The average Bonchev–Trinajstić information content (AvgIpc) is 3.46. The van der Waals surface area contributed by atoms with Gasteiger partial charge in [0.05, 0.1) is 0 Å². The molecule has 0 radical (unpaired) electrons. The molecule has 0 spiro atoms. The van der Waals surface area contributed by atoms with Gasteiger partial charge in [0.2, 0.25) is 0 Å². The fourth-order valence-corrected chi connectivity index (χ4v) is 10.4. The van der Waals surface area contributed by atoms with Crippen LogP contribution >= 0.6 is 0 Å². The first-order chi connectivity index (χ1) is 17.7. The Morgan fingerprint density at radius 1 is 0.632 bits per heavy atom. The van der Waals surface area contributed by atoms with E-state index in [4.69, 9.17) is 0 Å². The van der Waals surface area contributed by atoms with Gasteiger partial charge in [0, 0.05) is 8.80 Å². The molecule has 2 atom stereocenters. The van der Waals surface area contributed by atoms with Gasteiger partial charge in [-0.1, -0.05) is 83.5 Å². The van der Waals surface area contributed by atoms with E-state index in [-0.39, 0.29) is 37.7 Å². The molecule has 4 aliphatic carbocycles. The number of fused-ring (bicyclic) bond motifs is 6. The van der Waals surface area contributed by atoms with E-state index in [0.29, 0.717) is 11.8 Å². The predicted molar refractivity (Wildman–Crippen MR) is 153 cm³/mol. The maximum Gasteiger partial charge on any atom is 1.00 e. The number of rotatable bonds is 4. The van der Waals surface area contributed by atoms with E-state index in [1.165, 1.54) is 50.1 Å². The summed E-state index contributed by atoms with van der Waals surface area (Å²) in [6, 6.07) is 21.6. The van der Waals surface area contributed by atoms with Crippen molar-refractivity contribution in [3.05, 3.63) is 165 Å². The Hall–Kier alpha value is -2.49. The van der Waals surface area contributed by atoms with Gasteiger partial charge in [-0.3, -0.25) is 0 Å². The second-order valence-corrected chi connectivity index (χ2v) is 13.0. The van der Waals surface area contributed by atoms with Crippen molar-refractivity contribution >= 4 is 19.2 Å². The normalized spacial score (nSPS) is 19.8. The molecule has 4 aliphatic rings. The number of hydrogen-bond donors (Lipinski definition) is 0. The molecule has 174 valence electrons. The standard InChI is InChI=1S/C35H28Si.2Li/c1-23-16-18-30-28-14-8-6-12-26(28)20-32(30)34(23)36(22-25-10-4-3-5-11-25)35-24(2)17-19-31-29-15-9-7-13-27(29)21-33(31)35;;/h3-19,28-29,36H,22H2,1-2H3;;/q-2;2*+1. The van der Waals surface area contributed by atoms with Gasteiger partial charge >= 0.3 is 37.7 Å². The smallest absolute Gasteiger partial charge is 0.145 e. The van der Waals surface area contributed by atoms with Crippen molar-refractivity contribution in [1.82, 2.24) is 0 Å². The predicted octanol–water partition coefficient (Wildman–Crippen LogP) is 0.0364. The van der Waals surface area contributed by atoms with E-state index in [1.54, 1.807) is 10.4 Å². The summed E-state index contributed by atoms with van der Waals surface area (Å²) in [6.45, 7) is 4.62. The van der Waals surface area contributed by atoms with Crippen molar-refractivity contribution in [2.45, 2.75) is 31.7 Å². The topological polar surface area (TPSA) is 0 Å². The third-order valence-corrected chi connectivity index (χ3v) is 12.0. The quantitative estimate of drug-likeness (QED) is 0.358. The molecule has 3 heteroatoms. The maximum atomic E-state index is 3.88. The Morgan fingerprint density at radius 3 is 1.63 bits per heavy atom. The third kappa shape index (κ3) is 4.42. The van der Waals surface area contributed by atoms with Crippen LogP contribution in [0.4, 0.5) is 0 Å². The van der Waals surface area contributed by atoms with E-state index in [1.807, 2.05) is 0 Å². The first-order valence-electron chi connectivity index (χ1n) is 13.0. The summed E-state index contributed by atoms with van der Waals surface area (Å²) in [5.41, 5.74) is 12.4. The molecule has 0 amide bonds.